The number of halogens is 1. The molecular weight excluding hydrogens is 286 g/mol. The Balaban J connectivity index is 2.22. The first-order valence-electron chi connectivity index (χ1n) is 6.91. The molecule has 112 valence electrons. The van der Waals surface area contributed by atoms with E-state index in [2.05, 4.69) is 23.4 Å². The number of benzene rings is 1. The van der Waals surface area contributed by atoms with Gasteiger partial charge in [-0.2, -0.15) is 0 Å². The van der Waals surface area contributed by atoms with Crippen LogP contribution >= 0.6 is 11.6 Å². The van der Waals surface area contributed by atoms with E-state index in [-0.39, 0.29) is 6.04 Å². The van der Waals surface area contributed by atoms with Gasteiger partial charge >= 0.3 is 0 Å². The molecule has 0 aliphatic heterocycles. The molecule has 1 heterocycles. The summed E-state index contributed by atoms with van der Waals surface area (Å²) in [5.41, 5.74) is 5.99. The largest absolute Gasteiger partial charge is 0.496 e. The van der Waals surface area contributed by atoms with Crippen molar-refractivity contribution in [1.82, 2.24) is 10.4 Å². The van der Waals surface area contributed by atoms with Crippen LogP contribution in [0.5, 0.6) is 5.75 Å². The van der Waals surface area contributed by atoms with Crippen LogP contribution in [-0.2, 0) is 12.8 Å². The van der Waals surface area contributed by atoms with Gasteiger partial charge in [-0.25, -0.2) is 0 Å². The zero-order valence-corrected chi connectivity index (χ0v) is 13.0. The van der Waals surface area contributed by atoms with Crippen LogP contribution in [-0.4, -0.2) is 12.1 Å². The minimum atomic E-state index is -0.0859. The highest BCUT2D eigenvalue weighted by atomic mass is 35.5. The maximum absolute atomic E-state index is 5.99. The quantitative estimate of drug-likeness (QED) is 0.636. The fourth-order valence-electron chi connectivity index (χ4n) is 2.23. The zero-order valence-electron chi connectivity index (χ0n) is 12.3. The maximum Gasteiger partial charge on any atom is 0.125 e. The first-order chi connectivity index (χ1) is 10.2. The van der Waals surface area contributed by atoms with E-state index in [1.807, 2.05) is 24.4 Å². The normalized spacial score (nSPS) is 12.2. The number of nitrogens with two attached hydrogens (primary N) is 1. The molecule has 2 rings (SSSR count). The lowest BCUT2D eigenvalue weighted by Crippen LogP contribution is -2.30. The summed E-state index contributed by atoms with van der Waals surface area (Å²) in [5.74, 6) is 6.42. The van der Waals surface area contributed by atoms with Gasteiger partial charge in [-0.1, -0.05) is 30.7 Å². The SMILES string of the molecule is CCc1ccc(CC(NN)c2ccc(Cl)cc2OC)nc1. The molecule has 0 bridgehead atoms. The van der Waals surface area contributed by atoms with Crippen molar-refractivity contribution in [3.63, 3.8) is 0 Å². The van der Waals surface area contributed by atoms with Gasteiger partial charge in [0.05, 0.1) is 13.2 Å². The molecule has 4 nitrogen and oxygen atoms in total. The lowest BCUT2D eigenvalue weighted by Gasteiger charge is -2.19. The maximum atomic E-state index is 5.99. The first kappa shape index (κ1) is 15.8. The average molecular weight is 306 g/mol. The van der Waals surface area contributed by atoms with E-state index in [0.717, 1.165) is 23.4 Å². The third kappa shape index (κ3) is 3.94. The van der Waals surface area contributed by atoms with Gasteiger partial charge in [0.1, 0.15) is 5.75 Å². The van der Waals surface area contributed by atoms with Crippen molar-refractivity contribution in [2.75, 3.05) is 7.11 Å². The number of rotatable bonds is 6. The molecule has 1 atom stereocenters. The van der Waals surface area contributed by atoms with E-state index in [1.165, 1.54) is 5.56 Å². The molecule has 2 aromatic rings. The Labute approximate surface area is 130 Å². The molecule has 1 aromatic carbocycles. The van der Waals surface area contributed by atoms with Gasteiger partial charge in [0.2, 0.25) is 0 Å². The van der Waals surface area contributed by atoms with Crippen molar-refractivity contribution >= 4 is 11.6 Å². The average Bonchev–Trinajstić information content (AvgIpc) is 2.53. The van der Waals surface area contributed by atoms with Crippen LogP contribution in [0.4, 0.5) is 0 Å². The van der Waals surface area contributed by atoms with Crippen molar-refractivity contribution in [3.8, 4) is 5.75 Å². The lowest BCUT2D eigenvalue weighted by molar-refractivity contribution is 0.398. The van der Waals surface area contributed by atoms with Crippen molar-refractivity contribution < 1.29 is 4.74 Å². The number of pyridine rings is 1. The molecule has 1 aromatic heterocycles. The highest BCUT2D eigenvalue weighted by Gasteiger charge is 2.16. The van der Waals surface area contributed by atoms with Crippen LogP contribution in [0.3, 0.4) is 0 Å². The molecule has 0 radical (unpaired) electrons. The van der Waals surface area contributed by atoms with Crippen molar-refractivity contribution in [1.29, 1.82) is 0 Å². The van der Waals surface area contributed by atoms with Crippen LogP contribution in [0, 0.1) is 0 Å². The van der Waals surface area contributed by atoms with Crippen molar-refractivity contribution in [2.45, 2.75) is 25.8 Å². The molecule has 3 N–H and O–H groups in total. The Kier molecular flexibility index (Phi) is 5.56. The fourth-order valence-corrected chi connectivity index (χ4v) is 2.39. The van der Waals surface area contributed by atoms with E-state index in [1.54, 1.807) is 13.2 Å². The molecule has 0 spiro atoms. The second-order valence-corrected chi connectivity index (χ2v) is 5.26. The zero-order chi connectivity index (χ0) is 15.2. The Hall–Kier alpha value is -1.62. The molecule has 1 unspecified atom stereocenters. The molecule has 0 saturated carbocycles. The van der Waals surface area contributed by atoms with E-state index < -0.39 is 0 Å². The Bertz CT molecular complexity index is 587. The van der Waals surface area contributed by atoms with Gasteiger partial charge < -0.3 is 4.74 Å². The smallest absolute Gasteiger partial charge is 0.125 e. The number of nitrogens with one attached hydrogen (secondary N) is 1. The summed E-state index contributed by atoms with van der Waals surface area (Å²) in [5, 5.41) is 0.636. The first-order valence-corrected chi connectivity index (χ1v) is 7.29. The highest BCUT2D eigenvalue weighted by Crippen LogP contribution is 2.29. The van der Waals surface area contributed by atoms with Crippen LogP contribution in [0.1, 0.15) is 29.8 Å². The van der Waals surface area contributed by atoms with Gasteiger partial charge in [0.15, 0.2) is 0 Å². The fraction of sp³-hybridized carbons (Fsp3) is 0.312. The topological polar surface area (TPSA) is 60.2 Å². The second-order valence-electron chi connectivity index (χ2n) is 4.82. The van der Waals surface area contributed by atoms with E-state index in [0.29, 0.717) is 11.4 Å². The number of aromatic nitrogens is 1. The minimum Gasteiger partial charge on any atom is -0.496 e. The van der Waals surface area contributed by atoms with Crippen LogP contribution in [0.15, 0.2) is 36.5 Å². The minimum absolute atomic E-state index is 0.0859. The Morgan fingerprint density at radius 3 is 2.71 bits per heavy atom. The molecule has 0 aliphatic rings. The third-order valence-corrected chi connectivity index (χ3v) is 3.71. The van der Waals surface area contributed by atoms with E-state index in [4.69, 9.17) is 22.2 Å². The predicted octanol–water partition coefficient (Wildman–Crippen LogP) is 3.05. The highest BCUT2D eigenvalue weighted by molar-refractivity contribution is 6.30. The number of aryl methyl sites for hydroxylation is 1. The summed E-state index contributed by atoms with van der Waals surface area (Å²) < 4.78 is 5.38. The molecule has 0 amide bonds. The summed E-state index contributed by atoms with van der Waals surface area (Å²) in [6.45, 7) is 2.11. The number of hydrogen-bond acceptors (Lipinski definition) is 4. The lowest BCUT2D eigenvalue weighted by atomic mass is 10.0. The van der Waals surface area contributed by atoms with Gasteiger partial charge in [0.25, 0.3) is 0 Å². The van der Waals surface area contributed by atoms with Crippen LogP contribution in [0.2, 0.25) is 5.02 Å². The van der Waals surface area contributed by atoms with E-state index >= 15 is 0 Å². The Morgan fingerprint density at radius 2 is 2.14 bits per heavy atom. The van der Waals surface area contributed by atoms with Crippen LogP contribution < -0.4 is 16.0 Å². The molecule has 0 saturated heterocycles. The summed E-state index contributed by atoms with van der Waals surface area (Å²) in [6, 6.07) is 9.58. The third-order valence-electron chi connectivity index (χ3n) is 3.48. The predicted molar refractivity (Wildman–Crippen MR) is 85.4 cm³/mol. The molecule has 0 fully saturated rings. The molecule has 0 aliphatic carbocycles. The molecule has 5 heteroatoms. The monoisotopic (exact) mass is 305 g/mol. The van der Waals surface area contributed by atoms with Crippen LogP contribution in [0.25, 0.3) is 0 Å². The van der Waals surface area contributed by atoms with Gasteiger partial charge in [0, 0.05) is 28.9 Å². The number of methoxy groups -OCH3 is 1. The standard InChI is InChI=1S/C16H20ClN3O/c1-3-11-4-6-13(19-10-11)9-15(20-18)14-7-5-12(17)8-16(14)21-2/h4-8,10,15,20H,3,9,18H2,1-2H3. The summed E-state index contributed by atoms with van der Waals surface area (Å²) >= 11 is 5.99. The number of hydrogen-bond donors (Lipinski definition) is 2. The molecular formula is C16H20ClN3O. The van der Waals surface area contributed by atoms with Crippen molar-refractivity contribution in [2.24, 2.45) is 5.84 Å². The summed E-state index contributed by atoms with van der Waals surface area (Å²) in [6.07, 6.45) is 3.57. The van der Waals surface area contributed by atoms with E-state index in [9.17, 15) is 0 Å². The number of nitrogens with zero attached hydrogens (tertiary/aromatic N) is 1. The second kappa shape index (κ2) is 7.41. The molecule has 21 heavy (non-hydrogen) atoms. The van der Waals surface area contributed by atoms with Gasteiger partial charge in [-0.05, 0) is 30.2 Å². The number of hydrazine groups is 1. The van der Waals surface area contributed by atoms with Crippen molar-refractivity contribution in [3.05, 3.63) is 58.4 Å². The van der Waals surface area contributed by atoms with Gasteiger partial charge in [-0.3, -0.25) is 16.3 Å². The number of ether oxygens (including phenoxy) is 1. The summed E-state index contributed by atoms with van der Waals surface area (Å²) in [7, 11) is 1.62. The Morgan fingerprint density at radius 1 is 1.33 bits per heavy atom. The van der Waals surface area contributed by atoms with Gasteiger partial charge in [-0.15, -0.1) is 0 Å². The summed E-state index contributed by atoms with van der Waals surface area (Å²) in [4.78, 5) is 4.47.